The van der Waals surface area contributed by atoms with Crippen LogP contribution in [0, 0.1) is 10.8 Å². The molecule has 0 spiro atoms. The highest BCUT2D eigenvalue weighted by atomic mass is 16.6. The Bertz CT molecular complexity index is 1000. The van der Waals surface area contributed by atoms with Crippen LogP contribution in [-0.2, 0) is 66.7 Å². The molecule has 0 aliphatic heterocycles. The Hall–Kier alpha value is -5.05. The maximum Gasteiger partial charge on any atom is 0.330 e. The zero-order valence-electron chi connectivity index (χ0n) is 23.4. The lowest BCUT2D eigenvalue weighted by atomic mass is 9.90. The summed E-state index contributed by atoms with van der Waals surface area (Å²) in [5.41, 5.74) is -3.21. The molecular weight excluding hydrogens is 576 g/mol. The van der Waals surface area contributed by atoms with E-state index in [-0.39, 0.29) is 0 Å². The van der Waals surface area contributed by atoms with E-state index in [1.807, 2.05) is 0 Å². The molecule has 0 atom stereocenters. The highest BCUT2D eigenvalue weighted by molar-refractivity contribution is 5.90. The molecule has 0 saturated heterocycles. The lowest BCUT2D eigenvalue weighted by molar-refractivity contribution is -0.170. The van der Waals surface area contributed by atoms with Gasteiger partial charge in [-0.1, -0.05) is 32.9 Å². The van der Waals surface area contributed by atoms with Crippen LogP contribution in [0.5, 0.6) is 0 Å². The smallest absolute Gasteiger partial charge is 0.330 e. The number of esters is 6. The Balaban J connectivity index is 6.38. The van der Waals surface area contributed by atoms with E-state index in [1.165, 1.54) is 0 Å². The van der Waals surface area contributed by atoms with E-state index >= 15 is 0 Å². The molecule has 1 N–H and O–H groups in total. The number of carboxylic acids is 1. The third kappa shape index (κ3) is 16.1. The van der Waals surface area contributed by atoms with Gasteiger partial charge in [-0.05, 0) is 0 Å². The lowest BCUT2D eigenvalue weighted by Gasteiger charge is -2.35. The van der Waals surface area contributed by atoms with Gasteiger partial charge in [-0.15, -0.1) is 0 Å². The predicted octanol–water partition coefficient (Wildman–Crippen LogP) is 0.640. The quantitative estimate of drug-likeness (QED) is 0.0729. The van der Waals surface area contributed by atoms with Crippen molar-refractivity contribution < 1.29 is 71.8 Å². The van der Waals surface area contributed by atoms with Crippen LogP contribution in [0.1, 0.15) is 6.42 Å². The number of rotatable bonds is 23. The van der Waals surface area contributed by atoms with E-state index < -0.39 is 112 Å². The van der Waals surface area contributed by atoms with Gasteiger partial charge in [-0.3, -0.25) is 9.59 Å². The van der Waals surface area contributed by atoms with Crippen LogP contribution in [0.15, 0.2) is 63.3 Å². The predicted molar refractivity (Wildman–Crippen MR) is 145 cm³/mol. The van der Waals surface area contributed by atoms with Crippen molar-refractivity contribution in [2.75, 3.05) is 52.9 Å². The van der Waals surface area contributed by atoms with Crippen molar-refractivity contribution >= 4 is 41.8 Å². The molecule has 15 heteroatoms. The van der Waals surface area contributed by atoms with Crippen LogP contribution < -0.4 is 0 Å². The van der Waals surface area contributed by atoms with Gasteiger partial charge in [0.2, 0.25) is 0 Å². The average Bonchev–Trinajstić information content (AvgIpc) is 3.00. The Labute approximate surface area is 247 Å². The number of hydrogen-bond acceptors (Lipinski definition) is 14. The van der Waals surface area contributed by atoms with E-state index in [2.05, 4.69) is 32.9 Å². The number of carboxylic acid groups (broad SMARTS) is 1. The molecule has 0 radical (unpaired) electrons. The van der Waals surface area contributed by atoms with E-state index in [9.17, 15) is 33.6 Å². The minimum absolute atomic E-state index is 0.498. The molecule has 0 aromatic carbocycles. The van der Waals surface area contributed by atoms with Crippen LogP contribution in [0.4, 0.5) is 0 Å². The van der Waals surface area contributed by atoms with Gasteiger partial charge in [0.15, 0.2) is 0 Å². The molecule has 0 aliphatic carbocycles. The summed E-state index contributed by atoms with van der Waals surface area (Å²) in [5, 5.41) is 8.87. The van der Waals surface area contributed by atoms with Crippen molar-refractivity contribution in [3.63, 3.8) is 0 Å². The first-order chi connectivity index (χ1) is 20.3. The van der Waals surface area contributed by atoms with E-state index in [1.54, 1.807) is 0 Å². The average molecular weight is 611 g/mol. The molecule has 0 aliphatic rings. The van der Waals surface area contributed by atoms with E-state index in [0.717, 1.165) is 30.4 Å². The summed E-state index contributed by atoms with van der Waals surface area (Å²) >= 11 is 0. The number of carbonyl (C=O) groups is 7. The first-order valence-electron chi connectivity index (χ1n) is 12.2. The van der Waals surface area contributed by atoms with Gasteiger partial charge in [0.1, 0.15) is 46.1 Å². The van der Waals surface area contributed by atoms with Crippen LogP contribution in [-0.4, -0.2) is 99.7 Å². The summed E-state index contributed by atoms with van der Waals surface area (Å²) in [6.45, 7) is 11.9. The van der Waals surface area contributed by atoms with Crippen LogP contribution in [0.25, 0.3) is 0 Å². The number of aliphatic carboxylic acids is 1. The fraction of sp³-hybridized carbons (Fsp3) is 0.393. The monoisotopic (exact) mass is 610 g/mol. The van der Waals surface area contributed by atoms with E-state index in [4.69, 9.17) is 38.3 Å². The number of carbonyl (C=O) groups excluding carboxylic acids is 6. The molecule has 0 fully saturated rings. The van der Waals surface area contributed by atoms with Gasteiger partial charge in [-0.2, -0.15) is 0 Å². The van der Waals surface area contributed by atoms with Gasteiger partial charge in [0, 0.05) is 30.4 Å². The highest BCUT2D eigenvalue weighted by Crippen LogP contribution is 2.26. The molecule has 0 amide bonds. The summed E-state index contributed by atoms with van der Waals surface area (Å²) in [7, 11) is 0. The second-order valence-corrected chi connectivity index (χ2v) is 8.78. The molecule has 236 valence electrons. The summed E-state index contributed by atoms with van der Waals surface area (Å²) in [6, 6.07) is 0. The fourth-order valence-corrected chi connectivity index (χ4v) is 2.81. The minimum atomic E-state index is -1.65. The standard InChI is InChI=1S/C28H34O15/c1-6-21(31)38-14-27(15-39-22(32)7-2,16-40-23(33)8-3)12-37-13-28(17-41-24(34)9-4,18-42-25(35)10-5)19-43-26(36)11-20(29)30/h6-10H,1-5,11-19H2,(H,29,30). The topological polar surface area (TPSA) is 204 Å². The molecule has 0 saturated carbocycles. The van der Waals surface area contributed by atoms with Gasteiger partial charge < -0.3 is 38.3 Å². The first kappa shape index (κ1) is 38.0. The second kappa shape index (κ2) is 19.9. The molecule has 15 nitrogen and oxygen atoms in total. The molecule has 0 aromatic rings. The summed E-state index contributed by atoms with van der Waals surface area (Å²) < 4.78 is 36.4. The first-order valence-corrected chi connectivity index (χ1v) is 12.2. The van der Waals surface area contributed by atoms with Crippen molar-refractivity contribution in [1.82, 2.24) is 0 Å². The Kier molecular flexibility index (Phi) is 17.6. The molecule has 0 unspecified atom stereocenters. The zero-order chi connectivity index (χ0) is 32.9. The van der Waals surface area contributed by atoms with Crippen molar-refractivity contribution in [3.8, 4) is 0 Å². The second-order valence-electron chi connectivity index (χ2n) is 8.78. The largest absolute Gasteiger partial charge is 0.481 e. The summed E-state index contributed by atoms with van der Waals surface area (Å²) in [6.07, 6.45) is 3.23. The maximum atomic E-state index is 12.0. The Morgan fingerprint density at radius 2 is 0.721 bits per heavy atom. The molecular formula is C28H34O15. The molecule has 0 bridgehead atoms. The van der Waals surface area contributed by atoms with Crippen molar-refractivity contribution in [1.29, 1.82) is 0 Å². The lowest BCUT2D eigenvalue weighted by Crippen LogP contribution is -2.47. The van der Waals surface area contributed by atoms with Gasteiger partial charge in [0.25, 0.3) is 0 Å². The zero-order valence-corrected chi connectivity index (χ0v) is 23.4. The van der Waals surface area contributed by atoms with Crippen LogP contribution in [0.3, 0.4) is 0 Å². The van der Waals surface area contributed by atoms with Crippen LogP contribution in [0.2, 0.25) is 0 Å². The molecule has 0 heterocycles. The summed E-state index contributed by atoms with van der Waals surface area (Å²) in [4.78, 5) is 82.1. The SMILES string of the molecule is C=CC(=O)OCC(COCC(COC(=O)C=C)(COC(=O)C=C)COC(=O)CC(=O)O)(COC(=O)C=C)COC(=O)C=C. The minimum Gasteiger partial charge on any atom is -0.481 e. The van der Waals surface area contributed by atoms with Crippen molar-refractivity contribution in [3.05, 3.63) is 63.3 Å². The maximum absolute atomic E-state index is 12.0. The Morgan fingerprint density at radius 1 is 0.465 bits per heavy atom. The number of hydrogen-bond donors (Lipinski definition) is 1. The van der Waals surface area contributed by atoms with Gasteiger partial charge in [0.05, 0.1) is 24.0 Å². The van der Waals surface area contributed by atoms with Crippen molar-refractivity contribution in [2.24, 2.45) is 10.8 Å². The molecule has 0 aromatic heterocycles. The van der Waals surface area contributed by atoms with Crippen LogP contribution >= 0.6 is 0 Å². The third-order valence-corrected chi connectivity index (χ3v) is 5.09. The molecule has 0 rings (SSSR count). The van der Waals surface area contributed by atoms with Gasteiger partial charge >= 0.3 is 41.8 Å². The number of ether oxygens (including phenoxy) is 7. The normalized spacial score (nSPS) is 10.6. The Morgan fingerprint density at radius 3 is 0.953 bits per heavy atom. The third-order valence-electron chi connectivity index (χ3n) is 5.09. The van der Waals surface area contributed by atoms with Gasteiger partial charge in [-0.25, -0.2) is 24.0 Å². The summed E-state index contributed by atoms with van der Waals surface area (Å²) in [5.74, 6) is -7.08. The van der Waals surface area contributed by atoms with E-state index in [0.29, 0.717) is 0 Å². The highest BCUT2D eigenvalue weighted by Gasteiger charge is 2.40. The molecule has 43 heavy (non-hydrogen) atoms. The fourth-order valence-electron chi connectivity index (χ4n) is 2.81. The van der Waals surface area contributed by atoms with Crippen molar-refractivity contribution in [2.45, 2.75) is 6.42 Å².